The smallest absolute Gasteiger partial charge is 0.201 e. The Morgan fingerprint density at radius 2 is 1.81 bits per heavy atom. The van der Waals surface area contributed by atoms with E-state index in [-0.39, 0.29) is 12.4 Å². The summed E-state index contributed by atoms with van der Waals surface area (Å²) < 4.78 is 3.34. The molecule has 110 valence electrons. The largest absolute Gasteiger partial charge is 1.00 e. The summed E-state index contributed by atoms with van der Waals surface area (Å²) in [6, 6.07) is 12.8. The zero-order chi connectivity index (χ0) is 14.3. The van der Waals surface area contributed by atoms with Gasteiger partial charge in [-0.25, -0.2) is 9.56 Å². The number of benzene rings is 2. The Bertz CT molecular complexity index is 819. The molecule has 0 radical (unpaired) electrons. The minimum absolute atomic E-state index is 0. The molecule has 5 heteroatoms. The monoisotopic (exact) mass is 315 g/mol. The predicted octanol–water partition coefficient (Wildman–Crippen LogP) is -0.497. The summed E-state index contributed by atoms with van der Waals surface area (Å²) in [6.45, 7) is 0. The molecule has 0 saturated heterocycles. The van der Waals surface area contributed by atoms with Gasteiger partial charge in [0.2, 0.25) is 5.36 Å². The van der Waals surface area contributed by atoms with Crippen LogP contribution in [0.1, 0.15) is 0 Å². The van der Waals surface area contributed by atoms with Crippen molar-refractivity contribution < 1.29 is 12.4 Å². The first-order valence-corrected chi connectivity index (χ1v) is 7.38. The maximum absolute atomic E-state index is 4.75. The average molecular weight is 316 g/mol. The third kappa shape index (κ3) is 3.01. The lowest BCUT2D eigenvalue weighted by atomic mass is 10.2. The molecule has 0 aromatic heterocycles. The lowest BCUT2D eigenvalue weighted by Gasteiger charge is -2.13. The molecular weight excluding hydrogens is 298 g/mol. The first-order chi connectivity index (χ1) is 9.54. The summed E-state index contributed by atoms with van der Waals surface area (Å²) in [5, 5.41) is 1.21. The van der Waals surface area contributed by atoms with Crippen LogP contribution in [0.3, 0.4) is 0 Å². The van der Waals surface area contributed by atoms with E-state index in [2.05, 4.69) is 74.1 Å². The molecule has 3 nitrogen and oxygen atoms in total. The van der Waals surface area contributed by atoms with Crippen LogP contribution in [0.25, 0.3) is 20.8 Å². The fraction of sp³-hybridized carbons (Fsp3) is 0.250. The topological polar surface area (TPSA) is 19.1 Å². The second-order valence-corrected chi connectivity index (χ2v) is 6.39. The van der Waals surface area contributed by atoms with Gasteiger partial charge in [0.05, 0.1) is 20.8 Å². The van der Waals surface area contributed by atoms with Crippen molar-refractivity contribution in [3.05, 3.63) is 41.8 Å². The second kappa shape index (κ2) is 6.00. The van der Waals surface area contributed by atoms with Crippen molar-refractivity contribution in [2.45, 2.75) is 0 Å². The van der Waals surface area contributed by atoms with E-state index in [1.165, 1.54) is 20.6 Å². The molecule has 3 rings (SSSR count). The normalized spacial score (nSPS) is 10.5. The Labute approximate surface area is 134 Å². The first-order valence-electron chi connectivity index (χ1n) is 6.57. The van der Waals surface area contributed by atoms with Gasteiger partial charge in [0.25, 0.3) is 0 Å². The molecule has 21 heavy (non-hydrogen) atoms. The lowest BCUT2D eigenvalue weighted by Crippen LogP contribution is -3.00. The van der Waals surface area contributed by atoms with Gasteiger partial charge >= 0.3 is 0 Å². The zero-order valence-electron chi connectivity index (χ0n) is 12.6. The van der Waals surface area contributed by atoms with Crippen LogP contribution in [-0.4, -0.2) is 33.2 Å². The minimum atomic E-state index is 0. The molecule has 1 aliphatic carbocycles. The summed E-state index contributed by atoms with van der Waals surface area (Å²) in [5.41, 5.74) is 3.33. The summed E-state index contributed by atoms with van der Waals surface area (Å²) in [5.74, 6) is 0. The van der Waals surface area contributed by atoms with Crippen LogP contribution in [0.5, 0.6) is 0 Å². The zero-order valence-corrected chi connectivity index (χ0v) is 14.2. The number of nitrogens with zero attached hydrogens (tertiary/aromatic N) is 3. The maximum Gasteiger partial charge on any atom is 0.201 e. The van der Waals surface area contributed by atoms with E-state index in [4.69, 9.17) is 4.98 Å². The molecule has 1 aliphatic heterocycles. The highest BCUT2D eigenvalue weighted by molar-refractivity contribution is 7.21. The summed E-state index contributed by atoms with van der Waals surface area (Å²) in [6.07, 6.45) is 0. The average Bonchev–Trinajstić information content (AvgIpc) is 2.43. The summed E-state index contributed by atoms with van der Waals surface area (Å²) in [4.78, 5) is 8.09. The predicted molar refractivity (Wildman–Crippen MR) is 87.7 cm³/mol. The molecule has 0 atom stereocenters. The van der Waals surface area contributed by atoms with Crippen molar-refractivity contribution in [1.29, 1.82) is 0 Å². The molecule has 1 heterocycles. The SMILES string of the molecule is [11CH3]N([11CH3])c1ccc2nc3ccc(=[N+]([11CH3])[11CH3])cc-3sc2c1.[Cl-]. The molecule has 0 spiro atoms. The van der Waals surface area contributed by atoms with Gasteiger partial charge in [-0.3, -0.25) is 0 Å². The highest BCUT2D eigenvalue weighted by Gasteiger charge is 2.09. The van der Waals surface area contributed by atoms with Crippen LogP contribution in [0.15, 0.2) is 36.4 Å². The molecule has 0 fully saturated rings. The first kappa shape index (κ1) is 15.7. The Balaban J connectivity index is 0.00000161. The number of rotatable bonds is 1. The molecular formula is C16H18ClN3S. The number of aromatic nitrogens is 1. The molecule has 0 N–H and O–H groups in total. The molecule has 1 aromatic carbocycles. The standard InChI is InChI=1S/C16H18N3S.ClH/c1-18(2)11-5-7-13-15(9-11)20-16-10-12(19(3)4)6-8-14(16)17-13;/h5-10H,1-4H3;1H/q+1;/p-1/i1-1,2-1,3-1,4-1;. The van der Waals surface area contributed by atoms with Crippen LogP contribution < -0.4 is 27.2 Å². The van der Waals surface area contributed by atoms with E-state index in [0.29, 0.717) is 0 Å². The van der Waals surface area contributed by atoms with Gasteiger partial charge in [0.1, 0.15) is 14.1 Å². The van der Waals surface area contributed by atoms with Gasteiger partial charge in [-0.15, -0.1) is 11.3 Å². The quantitative estimate of drug-likeness (QED) is 0.446. The van der Waals surface area contributed by atoms with Crippen molar-refractivity contribution >= 4 is 27.2 Å². The number of halogens is 1. The van der Waals surface area contributed by atoms with Gasteiger partial charge < -0.3 is 17.3 Å². The molecule has 0 bridgehead atoms. The van der Waals surface area contributed by atoms with Crippen molar-refractivity contribution in [3.8, 4) is 10.6 Å². The fourth-order valence-electron chi connectivity index (χ4n) is 2.16. The molecule has 0 unspecified atom stereocenters. The van der Waals surface area contributed by atoms with Crippen molar-refractivity contribution in [2.24, 2.45) is 0 Å². The van der Waals surface area contributed by atoms with Crippen LogP contribution in [-0.2, 0) is 0 Å². The lowest BCUT2D eigenvalue weighted by molar-refractivity contribution is -0.00000410. The summed E-state index contributed by atoms with van der Waals surface area (Å²) >= 11 is 1.80. The van der Waals surface area contributed by atoms with Crippen LogP contribution in [0.4, 0.5) is 5.69 Å². The minimum Gasteiger partial charge on any atom is -1.00 e. The van der Waals surface area contributed by atoms with E-state index >= 15 is 0 Å². The number of hydrogen-bond acceptors (Lipinski definition) is 3. The Hall–Kier alpha value is -1.65. The Kier molecular flexibility index (Phi) is 4.49. The molecule has 0 amide bonds. The van der Waals surface area contributed by atoms with Crippen molar-refractivity contribution in [1.82, 2.24) is 9.56 Å². The van der Waals surface area contributed by atoms with E-state index in [1.807, 2.05) is 0 Å². The van der Waals surface area contributed by atoms with E-state index in [0.717, 1.165) is 11.2 Å². The van der Waals surface area contributed by atoms with Gasteiger partial charge in [-0.05, 0) is 24.3 Å². The fourth-order valence-corrected chi connectivity index (χ4v) is 3.19. The van der Waals surface area contributed by atoms with Crippen LogP contribution in [0, 0.1) is 0 Å². The van der Waals surface area contributed by atoms with E-state index < -0.39 is 0 Å². The Morgan fingerprint density at radius 1 is 1.05 bits per heavy atom. The molecule has 2 aliphatic rings. The van der Waals surface area contributed by atoms with Gasteiger partial charge in [-0.1, -0.05) is 0 Å². The maximum atomic E-state index is 4.75. The van der Waals surface area contributed by atoms with Crippen molar-refractivity contribution in [2.75, 3.05) is 33.1 Å². The van der Waals surface area contributed by atoms with Crippen LogP contribution >= 0.6 is 11.3 Å². The second-order valence-electron chi connectivity index (χ2n) is 5.31. The summed E-state index contributed by atoms with van der Waals surface area (Å²) in [7, 11) is 8.24. The Morgan fingerprint density at radius 3 is 2.48 bits per heavy atom. The molecule has 1 aromatic rings. The van der Waals surface area contributed by atoms with E-state index in [1.54, 1.807) is 11.3 Å². The molecule has 0 saturated carbocycles. The van der Waals surface area contributed by atoms with Crippen LogP contribution in [0.2, 0.25) is 0 Å². The van der Waals surface area contributed by atoms with Gasteiger partial charge in [-0.2, -0.15) is 0 Å². The highest BCUT2D eigenvalue weighted by Crippen LogP contribution is 2.31. The number of anilines is 1. The third-order valence-corrected chi connectivity index (χ3v) is 4.47. The third-order valence-electron chi connectivity index (χ3n) is 3.38. The van der Waals surface area contributed by atoms with E-state index in [9.17, 15) is 0 Å². The highest BCUT2D eigenvalue weighted by atomic mass is 35.5. The van der Waals surface area contributed by atoms with Gasteiger partial charge in [0, 0.05) is 31.9 Å². The number of hydrogen-bond donors (Lipinski definition) is 0. The van der Waals surface area contributed by atoms with Gasteiger partial charge in [0.15, 0.2) is 0 Å². The number of fused-ring (bicyclic) bond motifs is 2. The van der Waals surface area contributed by atoms with Crippen molar-refractivity contribution in [3.63, 3.8) is 0 Å².